The Morgan fingerprint density at radius 3 is 2.71 bits per heavy atom. The maximum atomic E-state index is 11.2. The van der Waals surface area contributed by atoms with E-state index in [0.717, 1.165) is 23.3 Å². The van der Waals surface area contributed by atoms with Crippen molar-refractivity contribution in [1.29, 1.82) is 0 Å². The van der Waals surface area contributed by atoms with E-state index < -0.39 is 0 Å². The molecular weight excluding hydrogens is 214 g/mol. The van der Waals surface area contributed by atoms with E-state index in [4.69, 9.17) is 4.42 Å². The Bertz CT molecular complexity index is 613. The number of hydrogen-bond donors (Lipinski definition) is 0. The van der Waals surface area contributed by atoms with Crippen LogP contribution in [0.1, 0.15) is 13.8 Å². The molecule has 2 rings (SSSR count). The van der Waals surface area contributed by atoms with Crippen molar-refractivity contribution in [3.05, 3.63) is 53.0 Å². The Hall–Kier alpha value is -2.03. The molecule has 2 aromatic rings. The van der Waals surface area contributed by atoms with Crippen molar-refractivity contribution < 1.29 is 4.42 Å². The minimum atomic E-state index is -0.326. The molecule has 0 aliphatic rings. The molecule has 0 fully saturated rings. The quantitative estimate of drug-likeness (QED) is 0.758. The van der Waals surface area contributed by atoms with Gasteiger partial charge in [0.15, 0.2) is 0 Å². The molecule has 1 aromatic heterocycles. The van der Waals surface area contributed by atoms with Crippen LogP contribution in [0.4, 0.5) is 5.69 Å². The smallest absolute Gasteiger partial charge is 0.336 e. The zero-order valence-corrected chi connectivity index (χ0v) is 10.1. The van der Waals surface area contributed by atoms with Gasteiger partial charge in [-0.15, -0.1) is 0 Å². The normalized spacial score (nSPS) is 10.5. The fraction of sp³-hybridized carbons (Fsp3) is 0.214. The summed E-state index contributed by atoms with van der Waals surface area (Å²) in [7, 11) is 0. The van der Waals surface area contributed by atoms with E-state index in [1.165, 1.54) is 6.07 Å². The number of allylic oxidation sites excluding steroid dienone is 1. The fourth-order valence-electron chi connectivity index (χ4n) is 1.89. The van der Waals surface area contributed by atoms with Gasteiger partial charge in [-0.2, -0.15) is 0 Å². The van der Waals surface area contributed by atoms with Gasteiger partial charge in [-0.1, -0.05) is 6.58 Å². The molecule has 0 aliphatic carbocycles. The average Bonchev–Trinajstić information content (AvgIpc) is 2.29. The van der Waals surface area contributed by atoms with E-state index in [1.54, 1.807) is 6.07 Å². The SMILES string of the molecule is C=C(C)N(CC)c1ccc2ccc(=O)oc2c1. The van der Waals surface area contributed by atoms with Crippen LogP contribution >= 0.6 is 0 Å². The third kappa shape index (κ3) is 2.23. The first kappa shape index (κ1) is 11.5. The highest BCUT2D eigenvalue weighted by atomic mass is 16.4. The van der Waals surface area contributed by atoms with Crippen LogP contribution in [0.2, 0.25) is 0 Å². The Morgan fingerprint density at radius 2 is 2.06 bits per heavy atom. The molecule has 3 nitrogen and oxygen atoms in total. The van der Waals surface area contributed by atoms with E-state index in [0.29, 0.717) is 5.58 Å². The zero-order valence-electron chi connectivity index (χ0n) is 10.1. The van der Waals surface area contributed by atoms with Crippen molar-refractivity contribution in [2.24, 2.45) is 0 Å². The van der Waals surface area contributed by atoms with Gasteiger partial charge >= 0.3 is 5.63 Å². The largest absolute Gasteiger partial charge is 0.423 e. The van der Waals surface area contributed by atoms with Crippen molar-refractivity contribution in [3.63, 3.8) is 0 Å². The molecule has 0 amide bonds. The first-order chi connectivity index (χ1) is 8.11. The van der Waals surface area contributed by atoms with Gasteiger partial charge in [0, 0.05) is 35.4 Å². The van der Waals surface area contributed by atoms with E-state index in [2.05, 4.69) is 18.4 Å². The molecule has 17 heavy (non-hydrogen) atoms. The van der Waals surface area contributed by atoms with Crippen LogP contribution in [0.25, 0.3) is 11.0 Å². The van der Waals surface area contributed by atoms with Crippen LogP contribution in [0.5, 0.6) is 0 Å². The summed E-state index contributed by atoms with van der Waals surface area (Å²) in [5.74, 6) is 0. The van der Waals surface area contributed by atoms with Gasteiger partial charge in [0.05, 0.1) is 0 Å². The zero-order chi connectivity index (χ0) is 12.4. The standard InChI is InChI=1S/C14H15NO2/c1-4-15(10(2)3)12-7-5-11-6-8-14(16)17-13(11)9-12/h5-9H,2,4H2,1,3H3. The number of hydrogen-bond acceptors (Lipinski definition) is 3. The number of rotatable bonds is 3. The van der Waals surface area contributed by atoms with Crippen LogP contribution in [0.3, 0.4) is 0 Å². The van der Waals surface area contributed by atoms with Crippen molar-refractivity contribution in [1.82, 2.24) is 0 Å². The molecule has 0 aliphatic heterocycles. The van der Waals surface area contributed by atoms with E-state index in [1.807, 2.05) is 25.1 Å². The van der Waals surface area contributed by atoms with E-state index >= 15 is 0 Å². The Balaban J connectivity index is 2.56. The van der Waals surface area contributed by atoms with Crippen LogP contribution < -0.4 is 10.5 Å². The predicted molar refractivity (Wildman–Crippen MR) is 70.3 cm³/mol. The lowest BCUT2D eigenvalue weighted by atomic mass is 10.2. The predicted octanol–water partition coefficient (Wildman–Crippen LogP) is 3.15. The second kappa shape index (κ2) is 4.45. The summed E-state index contributed by atoms with van der Waals surface area (Å²) < 4.78 is 5.16. The Morgan fingerprint density at radius 1 is 1.35 bits per heavy atom. The summed E-state index contributed by atoms with van der Waals surface area (Å²) in [5.41, 5.74) is 2.23. The van der Waals surface area contributed by atoms with Gasteiger partial charge in [0.1, 0.15) is 5.58 Å². The lowest BCUT2D eigenvalue weighted by Gasteiger charge is -2.22. The van der Waals surface area contributed by atoms with Gasteiger partial charge in [-0.25, -0.2) is 4.79 Å². The minimum Gasteiger partial charge on any atom is -0.423 e. The minimum absolute atomic E-state index is 0.326. The van der Waals surface area contributed by atoms with Crippen LogP contribution in [-0.2, 0) is 0 Å². The molecule has 0 N–H and O–H groups in total. The van der Waals surface area contributed by atoms with Gasteiger partial charge < -0.3 is 9.32 Å². The molecule has 0 unspecified atom stereocenters. The summed E-state index contributed by atoms with van der Waals surface area (Å²) in [6.45, 7) is 8.77. The van der Waals surface area contributed by atoms with Crippen molar-refractivity contribution in [2.45, 2.75) is 13.8 Å². The lowest BCUT2D eigenvalue weighted by molar-refractivity contribution is 0.561. The monoisotopic (exact) mass is 229 g/mol. The topological polar surface area (TPSA) is 33.5 Å². The van der Waals surface area contributed by atoms with Gasteiger partial charge in [-0.05, 0) is 32.0 Å². The molecule has 0 spiro atoms. The van der Waals surface area contributed by atoms with E-state index in [-0.39, 0.29) is 5.63 Å². The first-order valence-electron chi connectivity index (χ1n) is 5.59. The molecule has 0 saturated heterocycles. The molecule has 3 heteroatoms. The maximum Gasteiger partial charge on any atom is 0.336 e. The van der Waals surface area contributed by atoms with Gasteiger partial charge in [-0.3, -0.25) is 0 Å². The third-order valence-electron chi connectivity index (χ3n) is 2.70. The molecular formula is C14H15NO2. The highest BCUT2D eigenvalue weighted by Crippen LogP contribution is 2.23. The maximum absolute atomic E-state index is 11.2. The second-order valence-corrected chi connectivity index (χ2v) is 3.96. The number of fused-ring (bicyclic) bond motifs is 1. The van der Waals surface area contributed by atoms with Crippen molar-refractivity contribution in [2.75, 3.05) is 11.4 Å². The number of nitrogens with zero attached hydrogens (tertiary/aromatic N) is 1. The highest BCUT2D eigenvalue weighted by Gasteiger charge is 2.06. The first-order valence-corrected chi connectivity index (χ1v) is 5.59. The van der Waals surface area contributed by atoms with Gasteiger partial charge in [0.2, 0.25) is 0 Å². The van der Waals surface area contributed by atoms with E-state index in [9.17, 15) is 4.79 Å². The Labute approximate surface area is 100.0 Å². The molecule has 1 aromatic carbocycles. The molecule has 0 atom stereocenters. The van der Waals surface area contributed by atoms with Crippen molar-refractivity contribution in [3.8, 4) is 0 Å². The summed E-state index contributed by atoms with van der Waals surface area (Å²) >= 11 is 0. The Kier molecular flexibility index (Phi) is 3.00. The third-order valence-corrected chi connectivity index (χ3v) is 2.70. The highest BCUT2D eigenvalue weighted by molar-refractivity contribution is 5.80. The van der Waals surface area contributed by atoms with Crippen LogP contribution in [0.15, 0.2) is 51.8 Å². The summed E-state index contributed by atoms with van der Waals surface area (Å²) in [4.78, 5) is 13.2. The molecule has 0 bridgehead atoms. The second-order valence-electron chi connectivity index (χ2n) is 3.96. The molecule has 1 heterocycles. The molecule has 0 saturated carbocycles. The molecule has 0 radical (unpaired) electrons. The number of benzene rings is 1. The summed E-state index contributed by atoms with van der Waals surface area (Å²) in [6, 6.07) is 9.01. The summed E-state index contributed by atoms with van der Waals surface area (Å²) in [6.07, 6.45) is 0. The van der Waals surface area contributed by atoms with Crippen LogP contribution in [-0.4, -0.2) is 6.54 Å². The van der Waals surface area contributed by atoms with Crippen molar-refractivity contribution >= 4 is 16.7 Å². The van der Waals surface area contributed by atoms with Crippen LogP contribution in [0, 0.1) is 0 Å². The lowest BCUT2D eigenvalue weighted by Crippen LogP contribution is -2.19. The fourth-order valence-corrected chi connectivity index (χ4v) is 1.89. The van der Waals surface area contributed by atoms with Gasteiger partial charge in [0.25, 0.3) is 0 Å². The summed E-state index contributed by atoms with van der Waals surface area (Å²) in [5, 5.41) is 0.922. The number of anilines is 1. The average molecular weight is 229 g/mol. The molecule has 88 valence electrons.